The topological polar surface area (TPSA) is 21.8 Å². The van der Waals surface area contributed by atoms with Crippen molar-refractivity contribution < 1.29 is 9.47 Å². The van der Waals surface area contributed by atoms with Crippen molar-refractivity contribution in [3.05, 3.63) is 42.0 Å². The first-order chi connectivity index (χ1) is 13.9. The molecule has 2 heteroatoms. The van der Waals surface area contributed by atoms with Crippen LogP contribution < -0.4 is 4.74 Å². The first-order valence-corrected chi connectivity index (χ1v) is 11.9. The lowest BCUT2D eigenvalue weighted by Crippen LogP contribution is -2.03. The molecule has 0 aliphatic carbocycles. The Morgan fingerprint density at radius 3 is 2.00 bits per heavy atom. The van der Waals surface area contributed by atoms with Crippen LogP contribution in [0.15, 0.2) is 36.4 Å². The van der Waals surface area contributed by atoms with E-state index in [1.807, 2.05) is 0 Å². The molecular weight excluding hydrogens is 344 g/mol. The number of epoxide rings is 1. The largest absolute Gasteiger partial charge is 0.491 e. The number of benzene rings is 1. The second kappa shape index (κ2) is 15.6. The minimum Gasteiger partial charge on any atom is -0.491 e. The van der Waals surface area contributed by atoms with Crippen molar-refractivity contribution in [2.75, 3.05) is 13.2 Å². The molecule has 1 heterocycles. The van der Waals surface area contributed by atoms with Gasteiger partial charge in [0.1, 0.15) is 18.5 Å². The molecule has 1 fully saturated rings. The zero-order valence-electron chi connectivity index (χ0n) is 18.2. The second-order valence-corrected chi connectivity index (χ2v) is 8.24. The molecule has 2 rings (SSSR count). The predicted molar refractivity (Wildman–Crippen MR) is 120 cm³/mol. The molecule has 0 spiro atoms. The van der Waals surface area contributed by atoms with Gasteiger partial charge in [0.05, 0.1) is 6.61 Å². The van der Waals surface area contributed by atoms with Gasteiger partial charge in [-0.05, 0) is 56.2 Å². The quantitative estimate of drug-likeness (QED) is 0.147. The highest BCUT2D eigenvalue weighted by Gasteiger charge is 2.22. The molecule has 1 aromatic rings. The van der Waals surface area contributed by atoms with Gasteiger partial charge in [-0.1, -0.05) is 82.6 Å². The summed E-state index contributed by atoms with van der Waals surface area (Å²) in [7, 11) is 0. The molecule has 0 N–H and O–H groups in total. The van der Waals surface area contributed by atoms with E-state index in [-0.39, 0.29) is 0 Å². The third-order valence-electron chi connectivity index (χ3n) is 5.49. The molecular formula is C26H42O2. The summed E-state index contributed by atoms with van der Waals surface area (Å²) in [5.74, 6) is 0.963. The molecule has 0 bridgehead atoms. The normalized spacial score (nSPS) is 16.0. The van der Waals surface area contributed by atoms with Gasteiger partial charge in [0, 0.05) is 0 Å². The average molecular weight is 387 g/mol. The number of allylic oxidation sites excluding steroid dienone is 2. The standard InChI is InChI=1S/C26H42O2/c1-2-3-4-5-6-7-8-9-10-11-12-13-14-15-16-17-24-18-20-25(21-19-24)27-22-26-23-28-26/h8-9,18-21,26H,2-7,10-17,22-23H2,1H3/b9-8+. The van der Waals surface area contributed by atoms with Crippen LogP contribution in [0.2, 0.25) is 0 Å². The van der Waals surface area contributed by atoms with Crippen molar-refractivity contribution in [1.29, 1.82) is 0 Å². The van der Waals surface area contributed by atoms with Gasteiger partial charge in [-0.15, -0.1) is 0 Å². The van der Waals surface area contributed by atoms with Gasteiger partial charge in [-0.2, -0.15) is 0 Å². The zero-order valence-corrected chi connectivity index (χ0v) is 18.2. The monoisotopic (exact) mass is 386 g/mol. The van der Waals surface area contributed by atoms with E-state index in [1.54, 1.807) is 0 Å². The van der Waals surface area contributed by atoms with Crippen LogP contribution in [0.4, 0.5) is 0 Å². The van der Waals surface area contributed by atoms with Crippen molar-refractivity contribution in [3.63, 3.8) is 0 Å². The molecule has 0 radical (unpaired) electrons. The maximum absolute atomic E-state index is 5.69. The van der Waals surface area contributed by atoms with Gasteiger partial charge in [0.15, 0.2) is 0 Å². The third-order valence-corrected chi connectivity index (χ3v) is 5.49. The number of hydrogen-bond acceptors (Lipinski definition) is 2. The summed E-state index contributed by atoms with van der Waals surface area (Å²) < 4.78 is 10.8. The Labute approximate surface area is 173 Å². The van der Waals surface area contributed by atoms with E-state index in [0.29, 0.717) is 12.7 Å². The Bertz CT molecular complexity index is 502. The average Bonchev–Trinajstić information content (AvgIpc) is 3.55. The lowest BCUT2D eigenvalue weighted by Gasteiger charge is -2.06. The Hall–Kier alpha value is -1.28. The van der Waals surface area contributed by atoms with Gasteiger partial charge in [0.25, 0.3) is 0 Å². The molecule has 1 aliphatic heterocycles. The number of hydrogen-bond donors (Lipinski definition) is 0. The lowest BCUT2D eigenvalue weighted by molar-refractivity contribution is 0.263. The fraction of sp³-hybridized carbons (Fsp3) is 0.692. The fourth-order valence-electron chi connectivity index (χ4n) is 3.51. The smallest absolute Gasteiger partial charge is 0.119 e. The number of rotatable bonds is 18. The maximum Gasteiger partial charge on any atom is 0.119 e. The zero-order chi connectivity index (χ0) is 19.7. The minimum absolute atomic E-state index is 0.330. The Morgan fingerprint density at radius 1 is 0.821 bits per heavy atom. The number of ether oxygens (including phenoxy) is 2. The number of aryl methyl sites for hydroxylation is 1. The van der Waals surface area contributed by atoms with Crippen LogP contribution in [0.3, 0.4) is 0 Å². The third kappa shape index (κ3) is 12.2. The summed E-state index contributed by atoms with van der Waals surface area (Å²) in [5, 5.41) is 0. The summed E-state index contributed by atoms with van der Waals surface area (Å²) in [6.45, 7) is 3.82. The molecule has 1 unspecified atom stereocenters. The Morgan fingerprint density at radius 2 is 1.39 bits per heavy atom. The molecule has 0 aromatic heterocycles. The Balaban J connectivity index is 1.34. The first-order valence-electron chi connectivity index (χ1n) is 11.9. The highest BCUT2D eigenvalue weighted by molar-refractivity contribution is 5.27. The molecule has 158 valence electrons. The van der Waals surface area contributed by atoms with Gasteiger partial charge < -0.3 is 9.47 Å². The SMILES string of the molecule is CCCCCCC/C=C/CCCCCCCCc1ccc(OCC2CO2)cc1. The summed E-state index contributed by atoms with van der Waals surface area (Å²) in [6, 6.07) is 8.60. The van der Waals surface area contributed by atoms with Crippen molar-refractivity contribution in [3.8, 4) is 5.75 Å². The summed E-state index contributed by atoms with van der Waals surface area (Å²) in [5.41, 5.74) is 1.43. The highest BCUT2D eigenvalue weighted by atomic mass is 16.6. The lowest BCUT2D eigenvalue weighted by atomic mass is 10.0. The molecule has 0 saturated carbocycles. The van der Waals surface area contributed by atoms with Gasteiger partial charge in [-0.3, -0.25) is 0 Å². The molecule has 1 aromatic carbocycles. The van der Waals surface area contributed by atoms with E-state index >= 15 is 0 Å². The van der Waals surface area contributed by atoms with Gasteiger partial charge in [-0.25, -0.2) is 0 Å². The van der Waals surface area contributed by atoms with E-state index in [1.165, 1.54) is 95.5 Å². The minimum atomic E-state index is 0.330. The highest BCUT2D eigenvalue weighted by Crippen LogP contribution is 2.17. The van der Waals surface area contributed by atoms with E-state index in [0.717, 1.165) is 12.4 Å². The summed E-state index contributed by atoms with van der Waals surface area (Å²) >= 11 is 0. The maximum atomic E-state index is 5.69. The summed E-state index contributed by atoms with van der Waals surface area (Å²) in [4.78, 5) is 0. The predicted octanol–water partition coefficient (Wildman–Crippen LogP) is 7.65. The van der Waals surface area contributed by atoms with Crippen LogP contribution in [-0.2, 0) is 11.2 Å². The van der Waals surface area contributed by atoms with Crippen LogP contribution in [0.25, 0.3) is 0 Å². The first kappa shape index (κ1) is 23.0. The van der Waals surface area contributed by atoms with Crippen molar-refractivity contribution in [2.24, 2.45) is 0 Å². The molecule has 28 heavy (non-hydrogen) atoms. The summed E-state index contributed by atoms with van der Waals surface area (Å²) in [6.07, 6.45) is 24.0. The molecule has 1 saturated heterocycles. The fourth-order valence-corrected chi connectivity index (χ4v) is 3.51. The second-order valence-electron chi connectivity index (χ2n) is 8.24. The Kier molecular flexibility index (Phi) is 12.8. The van der Waals surface area contributed by atoms with E-state index < -0.39 is 0 Å². The number of unbranched alkanes of at least 4 members (excludes halogenated alkanes) is 11. The van der Waals surface area contributed by atoms with Crippen molar-refractivity contribution in [2.45, 2.75) is 103 Å². The molecule has 1 atom stereocenters. The van der Waals surface area contributed by atoms with Crippen LogP contribution in [-0.4, -0.2) is 19.3 Å². The van der Waals surface area contributed by atoms with Crippen molar-refractivity contribution >= 4 is 0 Å². The van der Waals surface area contributed by atoms with Crippen LogP contribution >= 0.6 is 0 Å². The van der Waals surface area contributed by atoms with Crippen molar-refractivity contribution in [1.82, 2.24) is 0 Å². The van der Waals surface area contributed by atoms with Crippen LogP contribution in [0.1, 0.15) is 96.0 Å². The van der Waals surface area contributed by atoms with Crippen LogP contribution in [0, 0.1) is 0 Å². The van der Waals surface area contributed by atoms with E-state index in [4.69, 9.17) is 9.47 Å². The van der Waals surface area contributed by atoms with E-state index in [9.17, 15) is 0 Å². The van der Waals surface area contributed by atoms with E-state index in [2.05, 4.69) is 43.3 Å². The molecule has 0 amide bonds. The van der Waals surface area contributed by atoms with Gasteiger partial charge >= 0.3 is 0 Å². The molecule has 1 aliphatic rings. The van der Waals surface area contributed by atoms with Crippen LogP contribution in [0.5, 0.6) is 5.75 Å². The molecule has 2 nitrogen and oxygen atoms in total. The van der Waals surface area contributed by atoms with Gasteiger partial charge in [0.2, 0.25) is 0 Å².